The van der Waals surface area contributed by atoms with E-state index in [0.717, 1.165) is 9.98 Å². The van der Waals surface area contributed by atoms with Crippen LogP contribution in [0, 0.1) is 0 Å². The fourth-order valence-corrected chi connectivity index (χ4v) is 1.51. The van der Waals surface area contributed by atoms with Gasteiger partial charge in [-0.15, -0.1) is 0 Å². The second-order valence-electron chi connectivity index (χ2n) is 4.78. The fourth-order valence-electron chi connectivity index (χ4n) is 1.51. The molecule has 0 saturated heterocycles. The molecule has 0 saturated carbocycles. The largest absolute Gasteiger partial charge is 0.460 e. The molecular weight excluding hydrogens is 453 g/mol. The molecule has 0 aliphatic carbocycles. The maximum absolute atomic E-state index is 12.7. The van der Waals surface area contributed by atoms with Gasteiger partial charge in [0.05, 0.1) is 0 Å². The molecule has 1 heterocycles. The molecule has 0 aromatic heterocycles. The molecule has 19 heteroatoms. The summed E-state index contributed by atoms with van der Waals surface area (Å²) in [5.41, 5.74) is -16.4. The van der Waals surface area contributed by atoms with Crippen molar-refractivity contribution in [1.82, 2.24) is 0 Å². The number of aliphatic hydroxyl groups is 1. The van der Waals surface area contributed by atoms with Crippen LogP contribution in [0.4, 0.5) is 65.9 Å². The van der Waals surface area contributed by atoms with Gasteiger partial charge >= 0.3 is 42.3 Å². The van der Waals surface area contributed by atoms with Gasteiger partial charge in [-0.25, -0.2) is 4.99 Å². The van der Waals surface area contributed by atoms with Gasteiger partial charge in [-0.3, -0.25) is 0 Å². The number of alkyl halides is 15. The number of ether oxygens (including phenoxy) is 1. The van der Waals surface area contributed by atoms with Crippen LogP contribution in [0.3, 0.4) is 0 Å². The topological polar surface area (TPSA) is 54.2 Å². The summed E-state index contributed by atoms with van der Waals surface area (Å²) in [4.78, 5) is 2.08. The molecule has 0 bridgehead atoms. The van der Waals surface area contributed by atoms with E-state index in [4.69, 9.17) is 5.11 Å². The number of hydrogen-bond donors (Lipinski definition) is 1. The summed E-state index contributed by atoms with van der Waals surface area (Å²) in [6.07, 6.45) is -34.4. The summed E-state index contributed by atoms with van der Waals surface area (Å²) in [5.74, 6) is -3.53. The molecule has 0 aromatic carbocycles. The monoisotopic (exact) mass is 454 g/mol. The highest BCUT2D eigenvalue weighted by Crippen LogP contribution is 2.52. The lowest BCUT2D eigenvalue weighted by Gasteiger charge is -2.31. The van der Waals surface area contributed by atoms with Gasteiger partial charge in [-0.05, 0) is 0 Å². The molecule has 1 rings (SSSR count). The molecule has 0 spiro atoms. The van der Waals surface area contributed by atoms with Crippen LogP contribution in [-0.4, -0.2) is 59.0 Å². The van der Waals surface area contributed by atoms with E-state index in [-0.39, 0.29) is 0 Å². The predicted molar refractivity (Wildman–Crippen MR) is 53.9 cm³/mol. The maximum Gasteiger partial charge on any atom is 0.460 e. The van der Waals surface area contributed by atoms with Gasteiger partial charge in [0.2, 0.25) is 11.6 Å². The van der Waals surface area contributed by atoms with E-state index in [1.807, 2.05) is 0 Å². The fraction of sp³-hybridized carbons (Fsp3) is 0.778. The molecule has 0 aromatic rings. The Morgan fingerprint density at radius 2 is 1.07 bits per heavy atom. The standard InChI is InChI=1S/C9HF15N2O2/c10-3(11,12)1-2(26-4(27,6(13,14)15)7(16,17)18)28-5(25-1,8(19,20)21)9(22,23)24/h27H. The van der Waals surface area contributed by atoms with E-state index >= 15 is 0 Å². The van der Waals surface area contributed by atoms with Crippen molar-refractivity contribution >= 4 is 11.6 Å². The molecule has 0 radical (unpaired) electrons. The molecule has 1 aliphatic rings. The highest BCUT2D eigenvalue weighted by Gasteiger charge is 2.79. The maximum atomic E-state index is 12.7. The second kappa shape index (κ2) is 6.02. The first-order valence-corrected chi connectivity index (χ1v) is 5.86. The molecule has 1 N–H and O–H groups in total. The first-order valence-electron chi connectivity index (χ1n) is 5.86. The average Bonchev–Trinajstić information content (AvgIpc) is 2.75. The summed E-state index contributed by atoms with van der Waals surface area (Å²) in [6, 6.07) is 0. The van der Waals surface area contributed by atoms with Crippen molar-refractivity contribution in [2.24, 2.45) is 9.98 Å². The van der Waals surface area contributed by atoms with Crippen LogP contribution in [0.2, 0.25) is 0 Å². The van der Waals surface area contributed by atoms with Crippen LogP contribution >= 0.6 is 0 Å². The Morgan fingerprint density at radius 3 is 1.32 bits per heavy atom. The highest BCUT2D eigenvalue weighted by molar-refractivity contribution is 6.42. The van der Waals surface area contributed by atoms with Crippen molar-refractivity contribution in [3.05, 3.63) is 0 Å². The van der Waals surface area contributed by atoms with Gasteiger partial charge in [-0.1, -0.05) is 0 Å². The molecule has 4 nitrogen and oxygen atoms in total. The zero-order valence-corrected chi connectivity index (χ0v) is 11.9. The summed E-state index contributed by atoms with van der Waals surface area (Å²) >= 11 is 0. The number of aliphatic imine (C=N–C) groups is 2. The van der Waals surface area contributed by atoms with Gasteiger partial charge < -0.3 is 9.84 Å². The average molecular weight is 454 g/mol. The predicted octanol–water partition coefficient (Wildman–Crippen LogP) is 4.05. The molecule has 0 unspecified atom stereocenters. The number of rotatable bonds is 1. The normalized spacial score (nSPS) is 21.0. The van der Waals surface area contributed by atoms with Crippen molar-refractivity contribution in [2.75, 3.05) is 0 Å². The van der Waals surface area contributed by atoms with Gasteiger partial charge in [0.25, 0.3) is 0 Å². The van der Waals surface area contributed by atoms with Crippen molar-refractivity contribution in [2.45, 2.75) is 42.3 Å². The molecule has 0 amide bonds. The van der Waals surface area contributed by atoms with Crippen molar-refractivity contribution < 1.29 is 75.7 Å². The summed E-state index contributed by atoms with van der Waals surface area (Å²) in [7, 11) is 0. The minimum absolute atomic E-state index is 0.969. The summed E-state index contributed by atoms with van der Waals surface area (Å²) in [6.45, 7) is 0. The third-order valence-electron chi connectivity index (χ3n) is 2.81. The Labute approximate surface area is 141 Å². The minimum Gasteiger partial charge on any atom is -0.431 e. The van der Waals surface area contributed by atoms with Crippen molar-refractivity contribution in [3.63, 3.8) is 0 Å². The SMILES string of the molecule is OC(N=C1OC(C(F)(F)F)(C(F)(F)F)N=C1C(F)(F)F)(C(F)(F)F)C(F)(F)F. The Kier molecular flexibility index (Phi) is 5.18. The lowest BCUT2D eigenvalue weighted by Crippen LogP contribution is -2.58. The van der Waals surface area contributed by atoms with E-state index in [0.29, 0.717) is 0 Å². The minimum atomic E-state index is -7.03. The molecule has 0 fully saturated rings. The van der Waals surface area contributed by atoms with E-state index < -0.39 is 53.9 Å². The van der Waals surface area contributed by atoms with Crippen molar-refractivity contribution in [1.29, 1.82) is 0 Å². The van der Waals surface area contributed by atoms with Crippen LogP contribution < -0.4 is 0 Å². The number of nitrogens with zero attached hydrogens (tertiary/aromatic N) is 2. The molecular formula is C9HF15N2O2. The lowest BCUT2D eigenvalue weighted by molar-refractivity contribution is -0.367. The number of halogens is 15. The molecule has 1 aliphatic heterocycles. The van der Waals surface area contributed by atoms with E-state index in [9.17, 15) is 65.9 Å². The third kappa shape index (κ3) is 3.66. The van der Waals surface area contributed by atoms with E-state index in [2.05, 4.69) is 4.74 Å². The highest BCUT2D eigenvalue weighted by atomic mass is 19.4. The second-order valence-corrected chi connectivity index (χ2v) is 4.78. The summed E-state index contributed by atoms with van der Waals surface area (Å²) < 4.78 is 191. The smallest absolute Gasteiger partial charge is 0.431 e. The van der Waals surface area contributed by atoms with Crippen LogP contribution in [0.15, 0.2) is 9.98 Å². The van der Waals surface area contributed by atoms with Crippen LogP contribution in [0.5, 0.6) is 0 Å². The molecule has 28 heavy (non-hydrogen) atoms. The summed E-state index contributed by atoms with van der Waals surface area (Å²) in [5, 5.41) is 8.60. The van der Waals surface area contributed by atoms with Crippen LogP contribution in [-0.2, 0) is 4.74 Å². The Morgan fingerprint density at radius 1 is 0.714 bits per heavy atom. The Bertz CT molecular complexity index is 646. The first-order chi connectivity index (χ1) is 11.9. The van der Waals surface area contributed by atoms with Crippen LogP contribution in [0.25, 0.3) is 0 Å². The quantitative estimate of drug-likeness (QED) is 0.609. The van der Waals surface area contributed by atoms with Crippen LogP contribution in [0.1, 0.15) is 0 Å². The Balaban J connectivity index is 3.87. The third-order valence-corrected chi connectivity index (χ3v) is 2.81. The molecule has 0 atom stereocenters. The first kappa shape index (κ1) is 24.1. The van der Waals surface area contributed by atoms with Gasteiger partial charge in [0, 0.05) is 0 Å². The zero-order chi connectivity index (χ0) is 22.8. The molecule has 164 valence electrons. The lowest BCUT2D eigenvalue weighted by atomic mass is 10.2. The van der Waals surface area contributed by atoms with E-state index in [1.54, 1.807) is 0 Å². The van der Waals surface area contributed by atoms with Gasteiger partial charge in [0.1, 0.15) is 0 Å². The Hall–Kier alpha value is -1.95. The van der Waals surface area contributed by atoms with E-state index in [1.165, 1.54) is 0 Å². The number of hydrogen-bond acceptors (Lipinski definition) is 4. The van der Waals surface area contributed by atoms with Crippen molar-refractivity contribution in [3.8, 4) is 0 Å². The van der Waals surface area contributed by atoms with Gasteiger partial charge in [-0.2, -0.15) is 70.8 Å². The zero-order valence-electron chi connectivity index (χ0n) is 11.9. The van der Waals surface area contributed by atoms with Gasteiger partial charge in [0.15, 0.2) is 0 Å².